The number of carbonyl (C=O) groups is 1. The summed E-state index contributed by atoms with van der Waals surface area (Å²) in [5.74, 6) is -0.651. The number of carboxylic acids is 1. The number of nitrogens with zero attached hydrogens (tertiary/aromatic N) is 2. The Hall–Kier alpha value is -3.11. The minimum Gasteiger partial charge on any atom is -0.490 e. The Morgan fingerprint density at radius 1 is 1.31 bits per heavy atom. The number of benzene rings is 2. The van der Waals surface area contributed by atoms with Crippen LogP contribution in [-0.4, -0.2) is 35.2 Å². The van der Waals surface area contributed by atoms with Crippen molar-refractivity contribution in [2.45, 2.75) is 33.1 Å². The van der Waals surface area contributed by atoms with Gasteiger partial charge in [0, 0.05) is 31.3 Å². The first-order valence-electron chi connectivity index (χ1n) is 9.41. The average Bonchev–Trinajstić information content (AvgIpc) is 2.64. The van der Waals surface area contributed by atoms with E-state index < -0.39 is 5.97 Å². The Morgan fingerprint density at radius 3 is 2.69 bits per heavy atom. The van der Waals surface area contributed by atoms with Gasteiger partial charge in [0.1, 0.15) is 30.0 Å². The van der Waals surface area contributed by atoms with E-state index >= 15 is 0 Å². The zero-order chi connectivity index (χ0) is 21.0. The number of halogens is 1. The van der Waals surface area contributed by atoms with Crippen LogP contribution in [0.4, 0.5) is 4.39 Å². The van der Waals surface area contributed by atoms with Crippen molar-refractivity contribution in [1.82, 2.24) is 4.90 Å². The second kappa shape index (κ2) is 8.93. The third-order valence-electron chi connectivity index (χ3n) is 4.66. The summed E-state index contributed by atoms with van der Waals surface area (Å²) in [6, 6.07) is 12.0. The zero-order valence-corrected chi connectivity index (χ0v) is 16.4. The van der Waals surface area contributed by atoms with Gasteiger partial charge in [-0.05, 0) is 37.6 Å². The molecule has 0 saturated carbocycles. The average molecular weight is 398 g/mol. The predicted octanol–water partition coefficient (Wildman–Crippen LogP) is 3.58. The third kappa shape index (κ3) is 5.24. The fraction of sp³-hybridized carbons (Fsp3) is 0.364. The SMILES string of the molecule is CC(C)Oc1ccc(COc2ccc(CN3CC(C(=O)O)C3)c(F)c2)cc1C#N. The summed E-state index contributed by atoms with van der Waals surface area (Å²) >= 11 is 0. The number of ether oxygens (including phenoxy) is 2. The minimum absolute atomic E-state index is 0.0306. The first kappa shape index (κ1) is 20.6. The molecule has 152 valence electrons. The molecule has 1 aliphatic rings. The fourth-order valence-electron chi connectivity index (χ4n) is 3.12. The number of rotatable bonds is 8. The maximum absolute atomic E-state index is 14.4. The first-order valence-corrected chi connectivity index (χ1v) is 9.41. The van der Waals surface area contributed by atoms with Gasteiger partial charge in [-0.25, -0.2) is 4.39 Å². The molecular weight excluding hydrogens is 375 g/mol. The van der Waals surface area contributed by atoms with E-state index in [-0.39, 0.29) is 24.4 Å². The number of hydrogen-bond donors (Lipinski definition) is 1. The van der Waals surface area contributed by atoms with Crippen molar-refractivity contribution in [3.05, 3.63) is 58.9 Å². The molecule has 2 aromatic rings. The van der Waals surface area contributed by atoms with Gasteiger partial charge in [-0.3, -0.25) is 9.69 Å². The normalized spacial score (nSPS) is 14.3. The maximum Gasteiger partial charge on any atom is 0.309 e. The van der Waals surface area contributed by atoms with E-state index in [0.29, 0.717) is 42.3 Å². The molecule has 0 spiro atoms. The Kier molecular flexibility index (Phi) is 6.35. The van der Waals surface area contributed by atoms with Crippen LogP contribution in [0.1, 0.15) is 30.5 Å². The van der Waals surface area contributed by atoms with Crippen LogP contribution in [0.3, 0.4) is 0 Å². The summed E-state index contributed by atoms with van der Waals surface area (Å²) in [7, 11) is 0. The van der Waals surface area contributed by atoms with E-state index in [1.807, 2.05) is 24.8 Å². The zero-order valence-electron chi connectivity index (χ0n) is 16.4. The van der Waals surface area contributed by atoms with Gasteiger partial charge in [0.25, 0.3) is 0 Å². The molecule has 1 saturated heterocycles. The Bertz CT molecular complexity index is 933. The molecule has 1 heterocycles. The van der Waals surface area contributed by atoms with E-state index in [2.05, 4.69) is 6.07 Å². The predicted molar refractivity (Wildman–Crippen MR) is 104 cm³/mol. The molecule has 1 aliphatic heterocycles. The van der Waals surface area contributed by atoms with Crippen molar-refractivity contribution in [3.8, 4) is 17.6 Å². The molecule has 0 aromatic heterocycles. The van der Waals surface area contributed by atoms with Crippen molar-refractivity contribution < 1.29 is 23.8 Å². The van der Waals surface area contributed by atoms with Gasteiger partial charge >= 0.3 is 5.97 Å². The lowest BCUT2D eigenvalue weighted by Crippen LogP contribution is -2.49. The summed E-state index contributed by atoms with van der Waals surface area (Å²) in [6.45, 7) is 5.22. The second-order valence-corrected chi connectivity index (χ2v) is 7.38. The second-order valence-electron chi connectivity index (χ2n) is 7.38. The lowest BCUT2D eigenvalue weighted by atomic mass is 9.99. The molecule has 0 bridgehead atoms. The van der Waals surface area contributed by atoms with Gasteiger partial charge in [0.05, 0.1) is 17.6 Å². The minimum atomic E-state index is -0.811. The highest BCUT2D eigenvalue weighted by Gasteiger charge is 2.32. The molecule has 2 aromatic carbocycles. The van der Waals surface area contributed by atoms with Gasteiger partial charge < -0.3 is 14.6 Å². The Labute approximate surface area is 169 Å². The summed E-state index contributed by atoms with van der Waals surface area (Å²) in [4.78, 5) is 12.7. The van der Waals surface area contributed by atoms with E-state index in [1.165, 1.54) is 6.07 Å². The molecule has 0 atom stereocenters. The van der Waals surface area contributed by atoms with Crippen LogP contribution in [0, 0.1) is 23.1 Å². The monoisotopic (exact) mass is 398 g/mol. The number of carboxylic acid groups (broad SMARTS) is 1. The third-order valence-corrected chi connectivity index (χ3v) is 4.66. The molecule has 0 amide bonds. The largest absolute Gasteiger partial charge is 0.490 e. The number of likely N-dealkylation sites (tertiary alicyclic amines) is 1. The number of aliphatic carboxylic acids is 1. The van der Waals surface area contributed by atoms with E-state index in [9.17, 15) is 14.4 Å². The maximum atomic E-state index is 14.4. The molecule has 0 radical (unpaired) electrons. The standard InChI is InChI=1S/C22H23FN2O4/c1-14(2)29-21-6-3-15(7-17(21)9-24)13-28-19-5-4-16(20(23)8-19)10-25-11-18(12-25)22(26)27/h3-8,14,18H,10-13H2,1-2H3,(H,26,27). The van der Waals surface area contributed by atoms with Crippen LogP contribution in [0.2, 0.25) is 0 Å². The molecule has 7 heteroatoms. The molecule has 1 N–H and O–H groups in total. The van der Waals surface area contributed by atoms with Gasteiger partial charge in [0.2, 0.25) is 0 Å². The summed E-state index contributed by atoms with van der Waals surface area (Å²) < 4.78 is 25.6. The Morgan fingerprint density at radius 2 is 2.07 bits per heavy atom. The van der Waals surface area contributed by atoms with Crippen LogP contribution in [0.15, 0.2) is 36.4 Å². The molecule has 1 fully saturated rings. The summed E-state index contributed by atoms with van der Waals surface area (Å²) in [5, 5.41) is 18.2. The highest BCUT2D eigenvalue weighted by atomic mass is 19.1. The molecule has 0 unspecified atom stereocenters. The number of nitriles is 1. The van der Waals surface area contributed by atoms with Crippen LogP contribution >= 0.6 is 0 Å². The highest BCUT2D eigenvalue weighted by Crippen LogP contribution is 2.24. The van der Waals surface area contributed by atoms with Gasteiger partial charge in [0.15, 0.2) is 0 Å². The first-order chi connectivity index (χ1) is 13.9. The quantitative estimate of drug-likeness (QED) is 0.732. The molecule has 29 heavy (non-hydrogen) atoms. The van der Waals surface area contributed by atoms with Gasteiger partial charge in [-0.2, -0.15) is 5.26 Å². The van der Waals surface area contributed by atoms with E-state index in [1.54, 1.807) is 24.3 Å². The molecular formula is C22H23FN2O4. The fourth-order valence-corrected chi connectivity index (χ4v) is 3.12. The van der Waals surface area contributed by atoms with Crippen molar-refractivity contribution >= 4 is 5.97 Å². The van der Waals surface area contributed by atoms with Gasteiger partial charge in [-0.1, -0.05) is 12.1 Å². The highest BCUT2D eigenvalue weighted by molar-refractivity contribution is 5.71. The number of hydrogen-bond acceptors (Lipinski definition) is 5. The molecule has 6 nitrogen and oxygen atoms in total. The Balaban J connectivity index is 1.58. The molecule has 0 aliphatic carbocycles. The van der Waals surface area contributed by atoms with Crippen molar-refractivity contribution in [2.75, 3.05) is 13.1 Å². The van der Waals surface area contributed by atoms with E-state index in [4.69, 9.17) is 14.6 Å². The molecule has 3 rings (SSSR count). The van der Waals surface area contributed by atoms with Crippen LogP contribution in [0.5, 0.6) is 11.5 Å². The van der Waals surface area contributed by atoms with Crippen LogP contribution < -0.4 is 9.47 Å². The van der Waals surface area contributed by atoms with Gasteiger partial charge in [-0.15, -0.1) is 0 Å². The smallest absolute Gasteiger partial charge is 0.309 e. The van der Waals surface area contributed by atoms with Crippen molar-refractivity contribution in [3.63, 3.8) is 0 Å². The topological polar surface area (TPSA) is 82.8 Å². The van der Waals surface area contributed by atoms with Crippen molar-refractivity contribution in [2.24, 2.45) is 5.92 Å². The van der Waals surface area contributed by atoms with Crippen molar-refractivity contribution in [1.29, 1.82) is 5.26 Å². The lowest BCUT2D eigenvalue weighted by molar-refractivity contribution is -0.147. The summed E-state index contributed by atoms with van der Waals surface area (Å²) in [5.41, 5.74) is 1.71. The van der Waals surface area contributed by atoms with Crippen LogP contribution in [-0.2, 0) is 17.9 Å². The van der Waals surface area contributed by atoms with E-state index in [0.717, 1.165) is 5.56 Å². The lowest BCUT2D eigenvalue weighted by Gasteiger charge is -2.36. The summed E-state index contributed by atoms with van der Waals surface area (Å²) in [6.07, 6.45) is -0.0306. The van der Waals surface area contributed by atoms with Crippen LogP contribution in [0.25, 0.3) is 0 Å².